The third-order valence-corrected chi connectivity index (χ3v) is 3.76. The first-order chi connectivity index (χ1) is 11.0. The first-order valence-corrected chi connectivity index (χ1v) is 7.87. The Morgan fingerprint density at radius 2 is 2.30 bits per heavy atom. The minimum Gasteiger partial charge on any atom is -0.472 e. The van der Waals surface area contributed by atoms with Gasteiger partial charge in [-0.05, 0) is 13.8 Å². The van der Waals surface area contributed by atoms with E-state index in [0.29, 0.717) is 17.3 Å². The molecule has 3 rings (SSSR count). The summed E-state index contributed by atoms with van der Waals surface area (Å²) < 4.78 is 7.18. The van der Waals surface area contributed by atoms with Gasteiger partial charge in [-0.3, -0.25) is 14.6 Å². The fourth-order valence-corrected chi connectivity index (χ4v) is 2.71. The summed E-state index contributed by atoms with van der Waals surface area (Å²) in [4.78, 5) is 16.7. The van der Waals surface area contributed by atoms with Crippen LogP contribution in [0, 0.1) is 0 Å². The van der Waals surface area contributed by atoms with Crippen molar-refractivity contribution < 1.29 is 9.53 Å². The van der Waals surface area contributed by atoms with Crippen LogP contribution in [-0.2, 0) is 7.05 Å². The molecule has 0 aromatic carbocycles. The Balaban J connectivity index is 1.77. The predicted molar refractivity (Wildman–Crippen MR) is 86.6 cm³/mol. The van der Waals surface area contributed by atoms with E-state index in [1.54, 1.807) is 35.7 Å². The number of hydrogen-bond acceptors (Lipinski definition) is 6. The molecule has 0 aliphatic rings. The van der Waals surface area contributed by atoms with Crippen molar-refractivity contribution in [1.82, 2.24) is 25.0 Å². The van der Waals surface area contributed by atoms with Crippen molar-refractivity contribution in [3.63, 3.8) is 0 Å². The normalized spacial score (nSPS) is 11.0. The number of aryl methyl sites for hydroxylation is 1. The smallest absolute Gasteiger partial charge is 0.275 e. The second-order valence-electron chi connectivity index (χ2n) is 5.17. The summed E-state index contributed by atoms with van der Waals surface area (Å²) in [6.45, 7) is 3.80. The third kappa shape index (κ3) is 3.39. The molecule has 0 unspecified atom stereocenters. The van der Waals surface area contributed by atoms with Gasteiger partial charge in [0.1, 0.15) is 16.4 Å². The summed E-state index contributed by atoms with van der Waals surface area (Å²) in [5.41, 5.74) is 1.70. The highest BCUT2D eigenvalue weighted by Crippen LogP contribution is 2.25. The summed E-state index contributed by atoms with van der Waals surface area (Å²) in [6.07, 6.45) is 5.05. The summed E-state index contributed by atoms with van der Waals surface area (Å²) in [7, 11) is 1.77. The SMILES string of the molecule is CC(C)Oc1nn(C)cc1NC(=O)c1csc(-c2cn[nH]c2)n1. The average molecular weight is 332 g/mol. The second-order valence-corrected chi connectivity index (χ2v) is 6.03. The van der Waals surface area contributed by atoms with Crippen LogP contribution < -0.4 is 10.1 Å². The van der Waals surface area contributed by atoms with Gasteiger partial charge in [0, 0.05) is 24.2 Å². The van der Waals surface area contributed by atoms with Crippen LogP contribution in [0.4, 0.5) is 5.69 Å². The maximum Gasteiger partial charge on any atom is 0.275 e. The molecule has 3 aromatic rings. The van der Waals surface area contributed by atoms with Crippen LogP contribution in [0.1, 0.15) is 24.3 Å². The van der Waals surface area contributed by atoms with Gasteiger partial charge in [-0.15, -0.1) is 16.4 Å². The quantitative estimate of drug-likeness (QED) is 0.747. The molecule has 3 heterocycles. The van der Waals surface area contributed by atoms with Crippen molar-refractivity contribution in [2.24, 2.45) is 7.05 Å². The molecule has 0 spiro atoms. The number of carbonyl (C=O) groups is 1. The molecular formula is C14H16N6O2S. The Kier molecular flexibility index (Phi) is 4.11. The number of ether oxygens (including phenoxy) is 1. The zero-order valence-electron chi connectivity index (χ0n) is 12.9. The van der Waals surface area contributed by atoms with Gasteiger partial charge in [0.25, 0.3) is 11.8 Å². The lowest BCUT2D eigenvalue weighted by Crippen LogP contribution is -2.14. The molecule has 0 saturated heterocycles. The molecule has 2 N–H and O–H groups in total. The maximum atomic E-state index is 12.4. The summed E-state index contributed by atoms with van der Waals surface area (Å²) in [6, 6.07) is 0. The molecule has 1 amide bonds. The number of nitrogens with zero attached hydrogens (tertiary/aromatic N) is 4. The standard InChI is InChI=1S/C14H16N6O2S/c1-8(2)22-13-10(6-20(3)19-13)17-12(21)11-7-23-14(18-11)9-4-15-16-5-9/h4-8H,1-3H3,(H,15,16)(H,17,21). The van der Waals surface area contributed by atoms with Crippen molar-refractivity contribution in [3.05, 3.63) is 29.7 Å². The molecule has 0 aliphatic heterocycles. The van der Waals surface area contributed by atoms with E-state index < -0.39 is 0 Å². The minimum atomic E-state index is -0.308. The summed E-state index contributed by atoms with van der Waals surface area (Å²) in [5, 5.41) is 16.0. The molecule has 0 aliphatic carbocycles. The van der Waals surface area contributed by atoms with Crippen LogP contribution >= 0.6 is 11.3 Å². The number of anilines is 1. The Labute approximate surface area is 136 Å². The van der Waals surface area contributed by atoms with Gasteiger partial charge >= 0.3 is 0 Å². The molecule has 0 bridgehead atoms. The molecule has 23 heavy (non-hydrogen) atoms. The Hall–Kier alpha value is -2.68. The number of aromatic nitrogens is 5. The van der Waals surface area contributed by atoms with Crippen LogP contribution in [0.25, 0.3) is 10.6 Å². The van der Waals surface area contributed by atoms with E-state index in [4.69, 9.17) is 4.74 Å². The molecule has 8 nitrogen and oxygen atoms in total. The third-order valence-electron chi connectivity index (χ3n) is 2.87. The summed E-state index contributed by atoms with van der Waals surface area (Å²) >= 11 is 1.38. The van der Waals surface area contributed by atoms with Crippen LogP contribution in [0.2, 0.25) is 0 Å². The van der Waals surface area contributed by atoms with Gasteiger partial charge in [-0.1, -0.05) is 0 Å². The largest absolute Gasteiger partial charge is 0.472 e. The van der Waals surface area contributed by atoms with E-state index in [-0.39, 0.29) is 12.0 Å². The first-order valence-electron chi connectivity index (χ1n) is 6.99. The predicted octanol–water partition coefficient (Wildman–Crippen LogP) is 2.31. The lowest BCUT2D eigenvalue weighted by molar-refractivity contribution is 0.102. The van der Waals surface area contributed by atoms with Gasteiger partial charge < -0.3 is 10.1 Å². The molecule has 9 heteroatoms. The molecular weight excluding hydrogens is 316 g/mol. The second kappa shape index (κ2) is 6.21. The zero-order chi connectivity index (χ0) is 16.4. The number of aromatic amines is 1. The highest BCUT2D eigenvalue weighted by atomic mass is 32.1. The lowest BCUT2D eigenvalue weighted by atomic mass is 10.4. The van der Waals surface area contributed by atoms with Crippen LogP contribution in [0.3, 0.4) is 0 Å². The van der Waals surface area contributed by atoms with E-state index in [0.717, 1.165) is 10.6 Å². The molecule has 0 atom stereocenters. The van der Waals surface area contributed by atoms with E-state index in [2.05, 4.69) is 25.6 Å². The Morgan fingerprint density at radius 3 is 3.00 bits per heavy atom. The van der Waals surface area contributed by atoms with Crippen LogP contribution in [-0.4, -0.2) is 37.0 Å². The van der Waals surface area contributed by atoms with Crippen molar-refractivity contribution in [1.29, 1.82) is 0 Å². The Bertz CT molecular complexity index is 805. The highest BCUT2D eigenvalue weighted by Gasteiger charge is 2.17. The Morgan fingerprint density at radius 1 is 1.48 bits per heavy atom. The molecule has 120 valence electrons. The lowest BCUT2D eigenvalue weighted by Gasteiger charge is -2.08. The number of nitrogens with one attached hydrogen (secondary N) is 2. The van der Waals surface area contributed by atoms with Crippen molar-refractivity contribution in [2.45, 2.75) is 20.0 Å². The fraction of sp³-hybridized carbons (Fsp3) is 0.286. The number of thiazole rings is 1. The van der Waals surface area contributed by atoms with Crippen LogP contribution in [0.5, 0.6) is 5.88 Å². The van der Waals surface area contributed by atoms with Gasteiger partial charge in [-0.2, -0.15) is 5.10 Å². The van der Waals surface area contributed by atoms with E-state index in [1.165, 1.54) is 11.3 Å². The number of carbonyl (C=O) groups excluding carboxylic acids is 1. The van der Waals surface area contributed by atoms with Crippen molar-refractivity contribution >= 4 is 22.9 Å². The van der Waals surface area contributed by atoms with E-state index >= 15 is 0 Å². The average Bonchev–Trinajstić information content (AvgIpc) is 3.19. The molecule has 0 fully saturated rings. The maximum absolute atomic E-state index is 12.4. The van der Waals surface area contributed by atoms with Crippen LogP contribution in [0.15, 0.2) is 24.0 Å². The fourth-order valence-electron chi connectivity index (χ4n) is 1.93. The van der Waals surface area contributed by atoms with Gasteiger partial charge in [0.15, 0.2) is 0 Å². The van der Waals surface area contributed by atoms with Crippen molar-refractivity contribution in [3.8, 4) is 16.5 Å². The zero-order valence-corrected chi connectivity index (χ0v) is 13.7. The number of hydrogen-bond donors (Lipinski definition) is 2. The van der Waals surface area contributed by atoms with Gasteiger partial charge in [0.05, 0.1) is 18.5 Å². The number of H-pyrrole nitrogens is 1. The number of amides is 1. The van der Waals surface area contributed by atoms with E-state index in [1.807, 2.05) is 13.8 Å². The number of rotatable bonds is 5. The van der Waals surface area contributed by atoms with E-state index in [9.17, 15) is 4.79 Å². The first kappa shape index (κ1) is 15.2. The highest BCUT2D eigenvalue weighted by molar-refractivity contribution is 7.13. The summed E-state index contributed by atoms with van der Waals surface area (Å²) in [5.74, 6) is 0.0822. The van der Waals surface area contributed by atoms with Gasteiger partial charge in [-0.25, -0.2) is 4.98 Å². The molecule has 0 saturated carbocycles. The molecule has 0 radical (unpaired) electrons. The topological polar surface area (TPSA) is 97.7 Å². The molecule has 3 aromatic heterocycles. The monoisotopic (exact) mass is 332 g/mol. The van der Waals surface area contributed by atoms with Crippen molar-refractivity contribution in [2.75, 3.05) is 5.32 Å². The minimum absolute atomic E-state index is 0.0347. The van der Waals surface area contributed by atoms with Gasteiger partial charge in [0.2, 0.25) is 0 Å².